The van der Waals surface area contributed by atoms with E-state index < -0.39 is 11.6 Å². The zero-order chi connectivity index (χ0) is 10.6. The Hall–Kier alpha value is -0.830. The summed E-state index contributed by atoms with van der Waals surface area (Å²) in [5.74, 6) is -0.310. The van der Waals surface area contributed by atoms with Crippen LogP contribution in [0.3, 0.4) is 0 Å². The summed E-state index contributed by atoms with van der Waals surface area (Å²) in [4.78, 5) is 0. The Morgan fingerprint density at radius 2 is 2.00 bits per heavy atom. The molecule has 1 aromatic rings. The van der Waals surface area contributed by atoms with Gasteiger partial charge in [0.15, 0.2) is 0 Å². The Morgan fingerprint density at radius 1 is 1.29 bits per heavy atom. The molecule has 0 saturated heterocycles. The fourth-order valence-corrected chi connectivity index (χ4v) is 1.24. The molecule has 0 N–H and O–H groups in total. The normalized spacial score (nSPS) is 11.1. The molecule has 0 bridgehead atoms. The third-order valence-electron chi connectivity index (χ3n) is 1.87. The van der Waals surface area contributed by atoms with Crippen LogP contribution in [0.5, 0.6) is 0 Å². The second-order valence-corrected chi connectivity index (χ2v) is 3.48. The van der Waals surface area contributed by atoms with Crippen molar-refractivity contribution >= 4 is 18.7 Å². The summed E-state index contributed by atoms with van der Waals surface area (Å²) in [6.45, 7) is 1.62. The molecular weight excluding hydrogens is 202 g/mol. The van der Waals surface area contributed by atoms with E-state index in [-0.39, 0.29) is 0 Å². The van der Waals surface area contributed by atoms with Gasteiger partial charge in [0.05, 0.1) is 0 Å². The summed E-state index contributed by atoms with van der Waals surface area (Å²) < 4.78 is 26.0. The minimum Gasteiger partial charge on any atom is -0.207 e. The van der Waals surface area contributed by atoms with Crippen LogP contribution in [0.1, 0.15) is 17.5 Å². The summed E-state index contributed by atoms with van der Waals surface area (Å²) in [5, 5.41) is 0. The van der Waals surface area contributed by atoms with Gasteiger partial charge in [-0.05, 0) is 30.7 Å². The van der Waals surface area contributed by atoms with Crippen LogP contribution in [0, 0.1) is 18.6 Å². The molecule has 0 radical (unpaired) electrons. The summed E-state index contributed by atoms with van der Waals surface area (Å²) >= 11 is 4.02. The second-order valence-electron chi connectivity index (χ2n) is 3.04. The number of hydrogen-bond acceptors (Lipinski definition) is 1. The first-order valence-electron chi connectivity index (χ1n) is 4.38. The summed E-state index contributed by atoms with van der Waals surface area (Å²) in [6.07, 6.45) is 4.25. The van der Waals surface area contributed by atoms with E-state index in [0.29, 0.717) is 11.1 Å². The minimum absolute atomic E-state index is 0.422. The summed E-state index contributed by atoms with van der Waals surface area (Å²) in [6, 6.07) is 2.41. The van der Waals surface area contributed by atoms with Crippen molar-refractivity contribution in [1.29, 1.82) is 0 Å². The lowest BCUT2D eigenvalue weighted by Gasteiger charge is -2.00. The Morgan fingerprint density at radius 3 is 2.64 bits per heavy atom. The van der Waals surface area contributed by atoms with E-state index in [1.165, 1.54) is 6.07 Å². The number of benzene rings is 1. The van der Waals surface area contributed by atoms with Crippen LogP contribution in [0.2, 0.25) is 0 Å². The van der Waals surface area contributed by atoms with Crippen LogP contribution in [-0.2, 0) is 0 Å². The maximum atomic E-state index is 13.1. The molecule has 0 aliphatic rings. The molecule has 0 atom stereocenters. The van der Waals surface area contributed by atoms with E-state index >= 15 is 0 Å². The van der Waals surface area contributed by atoms with Gasteiger partial charge in [-0.25, -0.2) is 8.78 Å². The molecule has 3 heteroatoms. The molecule has 0 fully saturated rings. The summed E-state index contributed by atoms with van der Waals surface area (Å²) in [7, 11) is 0. The first kappa shape index (κ1) is 11.2. The maximum Gasteiger partial charge on any atom is 0.133 e. The number of allylic oxidation sites excluding steroid dienone is 1. The van der Waals surface area contributed by atoms with Gasteiger partial charge in [0, 0.05) is 11.6 Å². The van der Waals surface area contributed by atoms with Crippen molar-refractivity contribution in [2.45, 2.75) is 13.3 Å². The molecule has 1 rings (SSSR count). The third-order valence-corrected chi connectivity index (χ3v) is 2.13. The Balaban J connectivity index is 2.92. The predicted molar refractivity (Wildman–Crippen MR) is 58.6 cm³/mol. The van der Waals surface area contributed by atoms with Gasteiger partial charge in [-0.1, -0.05) is 12.2 Å². The third kappa shape index (κ3) is 2.84. The lowest BCUT2D eigenvalue weighted by Crippen LogP contribution is -1.89. The molecule has 0 saturated carbocycles. The van der Waals surface area contributed by atoms with Crippen molar-refractivity contribution in [3.05, 3.63) is 41.0 Å². The van der Waals surface area contributed by atoms with E-state index in [0.717, 1.165) is 18.2 Å². The van der Waals surface area contributed by atoms with Gasteiger partial charge in [-0.15, -0.1) is 0 Å². The van der Waals surface area contributed by atoms with Crippen molar-refractivity contribution in [3.63, 3.8) is 0 Å². The van der Waals surface area contributed by atoms with Crippen LogP contribution < -0.4 is 0 Å². The molecule has 0 aliphatic heterocycles. The van der Waals surface area contributed by atoms with Crippen molar-refractivity contribution in [1.82, 2.24) is 0 Å². The van der Waals surface area contributed by atoms with Gasteiger partial charge in [-0.2, -0.15) is 12.6 Å². The van der Waals surface area contributed by atoms with Crippen molar-refractivity contribution in [3.8, 4) is 0 Å². The molecule has 0 aliphatic carbocycles. The molecular formula is C11H12F2S. The van der Waals surface area contributed by atoms with Crippen molar-refractivity contribution < 1.29 is 8.78 Å². The van der Waals surface area contributed by atoms with Gasteiger partial charge < -0.3 is 0 Å². The number of halogens is 2. The van der Waals surface area contributed by atoms with E-state index in [9.17, 15) is 8.78 Å². The van der Waals surface area contributed by atoms with Crippen LogP contribution >= 0.6 is 12.6 Å². The first-order valence-corrected chi connectivity index (χ1v) is 5.01. The molecule has 14 heavy (non-hydrogen) atoms. The van der Waals surface area contributed by atoms with Gasteiger partial charge in [0.25, 0.3) is 0 Å². The Kier molecular flexibility index (Phi) is 4.14. The second kappa shape index (κ2) is 5.15. The highest BCUT2D eigenvalue weighted by Crippen LogP contribution is 2.15. The lowest BCUT2D eigenvalue weighted by molar-refractivity contribution is 0.576. The minimum atomic E-state index is -0.525. The number of aryl methyl sites for hydroxylation is 1. The Labute approximate surface area is 88.1 Å². The highest BCUT2D eigenvalue weighted by molar-refractivity contribution is 7.80. The van der Waals surface area contributed by atoms with Gasteiger partial charge >= 0.3 is 0 Å². The average Bonchev–Trinajstić information content (AvgIpc) is 2.14. The zero-order valence-corrected chi connectivity index (χ0v) is 8.82. The average molecular weight is 214 g/mol. The van der Waals surface area contributed by atoms with E-state index in [4.69, 9.17) is 0 Å². The standard InChI is InChI=1S/C11H12F2S/c1-8-6-9(4-2-3-5-14)11(13)7-10(8)12/h2,4,6-7,14H,3,5H2,1H3. The molecule has 0 unspecified atom stereocenters. The number of thiol groups is 1. The van der Waals surface area contributed by atoms with Crippen molar-refractivity contribution in [2.24, 2.45) is 0 Å². The zero-order valence-electron chi connectivity index (χ0n) is 7.93. The van der Waals surface area contributed by atoms with E-state index in [1.807, 2.05) is 6.08 Å². The molecule has 0 aromatic heterocycles. The maximum absolute atomic E-state index is 13.1. The van der Waals surface area contributed by atoms with Gasteiger partial charge in [0.1, 0.15) is 11.6 Å². The predicted octanol–water partition coefficient (Wildman–Crippen LogP) is 3.61. The van der Waals surface area contributed by atoms with Crippen molar-refractivity contribution in [2.75, 3.05) is 5.75 Å². The summed E-state index contributed by atoms with van der Waals surface area (Å²) in [5.41, 5.74) is 0.877. The van der Waals surface area contributed by atoms with Gasteiger partial charge in [0.2, 0.25) is 0 Å². The molecule has 76 valence electrons. The largest absolute Gasteiger partial charge is 0.207 e. The lowest BCUT2D eigenvalue weighted by atomic mass is 10.1. The van der Waals surface area contributed by atoms with Crippen LogP contribution in [0.25, 0.3) is 6.08 Å². The fourth-order valence-electron chi connectivity index (χ4n) is 1.09. The SMILES string of the molecule is Cc1cc(C=CCCS)c(F)cc1F. The monoisotopic (exact) mass is 214 g/mol. The number of rotatable bonds is 3. The highest BCUT2D eigenvalue weighted by Gasteiger charge is 2.03. The van der Waals surface area contributed by atoms with E-state index in [1.54, 1.807) is 13.0 Å². The molecule has 0 amide bonds. The highest BCUT2D eigenvalue weighted by atomic mass is 32.1. The van der Waals surface area contributed by atoms with Crippen LogP contribution in [0.4, 0.5) is 8.78 Å². The van der Waals surface area contributed by atoms with Gasteiger partial charge in [-0.3, -0.25) is 0 Å². The molecule has 1 aromatic carbocycles. The topological polar surface area (TPSA) is 0 Å². The molecule has 0 heterocycles. The number of hydrogen-bond donors (Lipinski definition) is 1. The quantitative estimate of drug-likeness (QED) is 0.730. The fraction of sp³-hybridized carbons (Fsp3) is 0.273. The smallest absolute Gasteiger partial charge is 0.133 e. The van der Waals surface area contributed by atoms with Crippen LogP contribution in [0.15, 0.2) is 18.2 Å². The molecule has 0 spiro atoms. The first-order chi connectivity index (χ1) is 6.65. The van der Waals surface area contributed by atoms with Crippen LogP contribution in [-0.4, -0.2) is 5.75 Å². The van der Waals surface area contributed by atoms with E-state index in [2.05, 4.69) is 12.6 Å². The Bertz CT molecular complexity index is 345. The molecule has 0 nitrogen and oxygen atoms in total.